The quantitative estimate of drug-likeness (QED) is 0.593. The number of hydrogen-bond donors (Lipinski definition) is 3. The van der Waals surface area contributed by atoms with E-state index in [0.717, 1.165) is 17.7 Å². The molecule has 2 aromatic carbocycles. The molecule has 0 saturated carbocycles. The lowest BCUT2D eigenvalue weighted by Gasteiger charge is -2.14. The van der Waals surface area contributed by atoms with E-state index >= 15 is 0 Å². The van der Waals surface area contributed by atoms with Gasteiger partial charge in [0, 0.05) is 18.7 Å². The molecule has 10 heteroatoms. The van der Waals surface area contributed by atoms with Gasteiger partial charge in [-0.3, -0.25) is 0 Å². The van der Waals surface area contributed by atoms with Crippen molar-refractivity contribution in [3.63, 3.8) is 0 Å². The number of carbonyl (C=O) groups is 2. The predicted octanol–water partition coefficient (Wildman–Crippen LogP) is 2.44. The van der Waals surface area contributed by atoms with Crippen LogP contribution < -0.4 is 19.5 Å². The van der Waals surface area contributed by atoms with Crippen LogP contribution in [0.3, 0.4) is 0 Å². The highest BCUT2D eigenvalue weighted by atomic mass is 19.1. The molecule has 0 aromatic heterocycles. The molecule has 8 nitrogen and oxygen atoms in total. The molecule has 0 bridgehead atoms. The van der Waals surface area contributed by atoms with Gasteiger partial charge in [0.05, 0.1) is 21.3 Å². The lowest BCUT2D eigenvalue weighted by molar-refractivity contribution is -0.159. The minimum Gasteiger partial charge on any atom is -0.493 e. The zero-order chi connectivity index (χ0) is 22.0. The normalized spacial score (nSPS) is 9.83. The molecule has 0 spiro atoms. The van der Waals surface area contributed by atoms with Gasteiger partial charge >= 0.3 is 11.9 Å². The smallest absolute Gasteiger partial charge is 0.414 e. The molecule has 158 valence electrons. The molecule has 3 N–H and O–H groups in total. The van der Waals surface area contributed by atoms with E-state index < -0.39 is 23.6 Å². The maximum atomic E-state index is 13.6. The lowest BCUT2D eigenvalue weighted by atomic mass is 10.1. The van der Waals surface area contributed by atoms with Gasteiger partial charge < -0.3 is 29.7 Å². The number of nitrogens with one attached hydrogen (secondary N) is 1. The van der Waals surface area contributed by atoms with Crippen LogP contribution in [-0.2, 0) is 22.7 Å². The maximum Gasteiger partial charge on any atom is 0.414 e. The Hall–Kier alpha value is -3.40. The first-order chi connectivity index (χ1) is 13.7. The van der Waals surface area contributed by atoms with Gasteiger partial charge in [-0.1, -0.05) is 0 Å². The lowest BCUT2D eigenvalue weighted by Crippen LogP contribution is -2.14. The van der Waals surface area contributed by atoms with Crippen LogP contribution in [0.15, 0.2) is 30.3 Å². The predicted molar refractivity (Wildman–Crippen MR) is 98.3 cm³/mol. The minimum atomic E-state index is -1.82. The number of aliphatic carboxylic acids is 2. The van der Waals surface area contributed by atoms with Crippen molar-refractivity contribution in [2.45, 2.75) is 13.1 Å². The Morgan fingerprint density at radius 3 is 1.90 bits per heavy atom. The van der Waals surface area contributed by atoms with Crippen LogP contribution in [0.5, 0.6) is 17.2 Å². The molecule has 0 amide bonds. The molecule has 2 aromatic rings. The number of hydrogen-bond acceptors (Lipinski definition) is 6. The Bertz CT molecular complexity index is 821. The Morgan fingerprint density at radius 2 is 1.45 bits per heavy atom. The van der Waals surface area contributed by atoms with Crippen molar-refractivity contribution in [2.75, 3.05) is 21.3 Å². The van der Waals surface area contributed by atoms with E-state index in [0.29, 0.717) is 23.8 Å². The van der Waals surface area contributed by atoms with Crippen LogP contribution in [0.25, 0.3) is 0 Å². The average Bonchev–Trinajstić information content (AvgIpc) is 2.70. The van der Waals surface area contributed by atoms with E-state index in [9.17, 15) is 8.78 Å². The van der Waals surface area contributed by atoms with Crippen LogP contribution >= 0.6 is 0 Å². The topological polar surface area (TPSA) is 114 Å². The van der Waals surface area contributed by atoms with E-state index in [1.807, 2.05) is 0 Å². The van der Waals surface area contributed by atoms with Gasteiger partial charge in [-0.2, -0.15) is 0 Å². The Labute approximate surface area is 165 Å². The van der Waals surface area contributed by atoms with Gasteiger partial charge in [0.2, 0.25) is 5.75 Å². The van der Waals surface area contributed by atoms with E-state index in [2.05, 4.69) is 5.32 Å². The fourth-order valence-corrected chi connectivity index (χ4v) is 2.26. The number of ether oxygens (including phenoxy) is 3. The van der Waals surface area contributed by atoms with Gasteiger partial charge in [-0.25, -0.2) is 18.4 Å². The largest absolute Gasteiger partial charge is 0.493 e. The summed E-state index contributed by atoms with van der Waals surface area (Å²) in [5.41, 5.74) is 1.15. The number of rotatable bonds is 7. The summed E-state index contributed by atoms with van der Waals surface area (Å²) in [6.45, 7) is 0.646. The molecule has 0 heterocycles. The van der Waals surface area contributed by atoms with E-state index in [-0.39, 0.29) is 12.1 Å². The molecule has 0 aliphatic carbocycles. The van der Waals surface area contributed by atoms with Crippen LogP contribution in [0.2, 0.25) is 0 Å². The standard InChI is InChI=1S/C17H19F2NO3.C2H2O4/c1-21-15-6-11(7-16(22-2)17(15)23-3)9-20-10-12-8-13(18)4-5-14(12)19;3-1(4)2(5)6/h4-8,20H,9-10H2,1-3H3;(H,3,4)(H,5,6). The van der Waals surface area contributed by atoms with Crippen molar-refractivity contribution >= 4 is 11.9 Å². The third kappa shape index (κ3) is 7.26. The highest BCUT2D eigenvalue weighted by Crippen LogP contribution is 2.38. The van der Waals surface area contributed by atoms with Crippen molar-refractivity contribution in [2.24, 2.45) is 0 Å². The number of halogens is 2. The van der Waals surface area contributed by atoms with Gasteiger partial charge in [0.25, 0.3) is 0 Å². The first kappa shape index (κ1) is 23.6. The summed E-state index contributed by atoms with van der Waals surface area (Å²) in [5.74, 6) is -2.96. The number of methoxy groups -OCH3 is 3. The SMILES string of the molecule is COc1cc(CNCc2cc(F)ccc2F)cc(OC)c1OC.O=C(O)C(=O)O. The average molecular weight is 413 g/mol. The summed E-state index contributed by atoms with van der Waals surface area (Å²) < 4.78 is 42.5. The first-order valence-electron chi connectivity index (χ1n) is 8.13. The molecule has 0 atom stereocenters. The summed E-state index contributed by atoms with van der Waals surface area (Å²) in [6, 6.07) is 6.99. The van der Waals surface area contributed by atoms with E-state index in [4.69, 9.17) is 34.0 Å². The summed E-state index contributed by atoms with van der Waals surface area (Å²) >= 11 is 0. The monoisotopic (exact) mass is 413 g/mol. The second-order valence-corrected chi connectivity index (χ2v) is 5.48. The summed E-state index contributed by atoms with van der Waals surface area (Å²) in [6.07, 6.45) is 0. The first-order valence-corrected chi connectivity index (χ1v) is 8.13. The van der Waals surface area contributed by atoms with Gasteiger partial charge in [0.1, 0.15) is 11.6 Å². The summed E-state index contributed by atoms with van der Waals surface area (Å²) in [5, 5.41) is 17.8. The molecule has 0 saturated heterocycles. The third-order valence-corrected chi connectivity index (χ3v) is 3.56. The van der Waals surface area contributed by atoms with Crippen molar-refractivity contribution in [3.8, 4) is 17.2 Å². The maximum absolute atomic E-state index is 13.6. The Kier molecular flexibility index (Phi) is 9.33. The van der Waals surface area contributed by atoms with Crippen molar-refractivity contribution < 1.29 is 42.8 Å². The van der Waals surface area contributed by atoms with Crippen LogP contribution in [-0.4, -0.2) is 43.5 Å². The third-order valence-electron chi connectivity index (χ3n) is 3.56. The van der Waals surface area contributed by atoms with Crippen LogP contribution in [0.1, 0.15) is 11.1 Å². The number of carboxylic acids is 2. The molecule has 29 heavy (non-hydrogen) atoms. The highest BCUT2D eigenvalue weighted by Gasteiger charge is 2.13. The molecular weight excluding hydrogens is 392 g/mol. The fraction of sp³-hybridized carbons (Fsp3) is 0.263. The molecule has 0 fully saturated rings. The minimum absolute atomic E-state index is 0.209. The van der Waals surface area contributed by atoms with E-state index in [1.54, 1.807) is 12.1 Å². The highest BCUT2D eigenvalue weighted by molar-refractivity contribution is 6.27. The molecule has 2 rings (SSSR count). The number of carboxylic acid groups (broad SMARTS) is 2. The van der Waals surface area contributed by atoms with Crippen molar-refractivity contribution in [3.05, 3.63) is 53.1 Å². The number of benzene rings is 2. The van der Waals surface area contributed by atoms with E-state index in [1.165, 1.54) is 27.4 Å². The van der Waals surface area contributed by atoms with Gasteiger partial charge in [-0.15, -0.1) is 0 Å². The molecule has 0 unspecified atom stereocenters. The van der Waals surface area contributed by atoms with Gasteiger partial charge in [-0.05, 0) is 35.9 Å². The Morgan fingerprint density at radius 1 is 0.897 bits per heavy atom. The zero-order valence-electron chi connectivity index (χ0n) is 16.0. The summed E-state index contributed by atoms with van der Waals surface area (Å²) in [7, 11) is 4.61. The zero-order valence-corrected chi connectivity index (χ0v) is 16.0. The van der Waals surface area contributed by atoms with Crippen LogP contribution in [0, 0.1) is 11.6 Å². The second-order valence-electron chi connectivity index (χ2n) is 5.48. The van der Waals surface area contributed by atoms with Crippen molar-refractivity contribution in [1.29, 1.82) is 0 Å². The molecule has 0 radical (unpaired) electrons. The summed E-state index contributed by atoms with van der Waals surface area (Å²) in [4.78, 5) is 18.2. The van der Waals surface area contributed by atoms with Crippen molar-refractivity contribution in [1.82, 2.24) is 5.32 Å². The second kappa shape index (κ2) is 11.4. The van der Waals surface area contributed by atoms with Crippen LogP contribution in [0.4, 0.5) is 8.78 Å². The fourth-order valence-electron chi connectivity index (χ4n) is 2.26. The molecular formula is C19H21F2NO7. The molecule has 0 aliphatic rings. The van der Waals surface area contributed by atoms with Gasteiger partial charge in [0.15, 0.2) is 11.5 Å². The molecule has 0 aliphatic heterocycles. The Balaban J connectivity index is 0.000000612.